The molecule has 0 aliphatic carbocycles. The van der Waals surface area contributed by atoms with Crippen LogP contribution in [0, 0.1) is 13.8 Å². The minimum absolute atomic E-state index is 0.170. The maximum atomic E-state index is 12.0. The first-order valence-electron chi connectivity index (χ1n) is 8.71. The molecule has 4 heteroatoms. The van der Waals surface area contributed by atoms with Crippen LogP contribution in [0.2, 0.25) is 0 Å². The number of carbonyl (C=O) groups excluding carboxylic acids is 1. The Hall–Kier alpha value is -3.40. The quantitative estimate of drug-likeness (QED) is 0.382. The van der Waals surface area contributed by atoms with E-state index in [-0.39, 0.29) is 6.61 Å². The normalized spacial score (nSPS) is 11.0. The van der Waals surface area contributed by atoms with Gasteiger partial charge in [-0.05, 0) is 41.8 Å². The van der Waals surface area contributed by atoms with Gasteiger partial charge in [0.1, 0.15) is 17.9 Å². The van der Waals surface area contributed by atoms with E-state index in [1.807, 2.05) is 56.3 Å². The summed E-state index contributed by atoms with van der Waals surface area (Å²) >= 11 is 0. The predicted octanol–water partition coefficient (Wildman–Crippen LogP) is 4.95. The zero-order valence-electron chi connectivity index (χ0n) is 15.1. The maximum absolute atomic E-state index is 12.0. The van der Waals surface area contributed by atoms with Crippen LogP contribution in [0.5, 0.6) is 5.75 Å². The molecule has 0 saturated carbocycles. The van der Waals surface area contributed by atoms with Gasteiger partial charge in [-0.1, -0.05) is 42.5 Å². The number of benzene rings is 3. The Morgan fingerprint density at radius 2 is 1.81 bits per heavy atom. The Bertz CT molecular complexity index is 1230. The van der Waals surface area contributed by atoms with E-state index < -0.39 is 5.63 Å². The van der Waals surface area contributed by atoms with E-state index in [4.69, 9.17) is 9.15 Å². The van der Waals surface area contributed by atoms with E-state index in [1.54, 1.807) is 6.07 Å². The Kier molecular flexibility index (Phi) is 4.24. The summed E-state index contributed by atoms with van der Waals surface area (Å²) in [6.45, 7) is 4.08. The summed E-state index contributed by atoms with van der Waals surface area (Å²) in [4.78, 5) is 23.7. The molecule has 0 bridgehead atoms. The highest BCUT2D eigenvalue weighted by molar-refractivity contribution is 6.00. The van der Waals surface area contributed by atoms with Gasteiger partial charge in [-0.25, -0.2) is 4.79 Å². The van der Waals surface area contributed by atoms with E-state index in [0.717, 1.165) is 39.1 Å². The Labute approximate surface area is 156 Å². The van der Waals surface area contributed by atoms with Crippen molar-refractivity contribution in [1.29, 1.82) is 0 Å². The van der Waals surface area contributed by atoms with Crippen molar-refractivity contribution in [2.75, 3.05) is 0 Å². The van der Waals surface area contributed by atoms with E-state index in [9.17, 15) is 9.59 Å². The number of carbonyl (C=O) groups is 1. The van der Waals surface area contributed by atoms with Crippen LogP contribution in [0.25, 0.3) is 21.7 Å². The molecule has 0 spiro atoms. The lowest BCUT2D eigenvalue weighted by molar-refractivity contribution is 0.112. The van der Waals surface area contributed by atoms with Crippen molar-refractivity contribution in [2.45, 2.75) is 20.5 Å². The average molecular weight is 358 g/mol. The summed E-state index contributed by atoms with van der Waals surface area (Å²) < 4.78 is 11.3. The Morgan fingerprint density at radius 3 is 2.63 bits per heavy atom. The highest BCUT2D eigenvalue weighted by Crippen LogP contribution is 2.29. The molecule has 0 radical (unpaired) electrons. The number of hydrogen-bond acceptors (Lipinski definition) is 4. The third-order valence-corrected chi connectivity index (χ3v) is 4.95. The molecular formula is C23H18O4. The Morgan fingerprint density at radius 1 is 1.00 bits per heavy atom. The molecule has 4 aromatic rings. The fourth-order valence-electron chi connectivity index (χ4n) is 3.32. The molecule has 0 saturated heterocycles. The van der Waals surface area contributed by atoms with Crippen LogP contribution in [0.3, 0.4) is 0 Å². The third-order valence-electron chi connectivity index (χ3n) is 4.95. The first kappa shape index (κ1) is 17.0. The average Bonchev–Trinajstić information content (AvgIpc) is 2.68. The molecule has 27 heavy (non-hydrogen) atoms. The minimum Gasteiger partial charge on any atom is -0.488 e. The summed E-state index contributed by atoms with van der Waals surface area (Å²) in [5.74, 6) is 0.494. The molecule has 0 aliphatic rings. The summed E-state index contributed by atoms with van der Waals surface area (Å²) in [5.41, 5.74) is 3.40. The number of hydrogen-bond donors (Lipinski definition) is 0. The second kappa shape index (κ2) is 6.72. The highest BCUT2D eigenvalue weighted by Gasteiger charge is 2.12. The second-order valence-electron chi connectivity index (χ2n) is 6.58. The number of aldehydes is 1. The van der Waals surface area contributed by atoms with Crippen LogP contribution in [-0.2, 0) is 6.61 Å². The monoisotopic (exact) mass is 358 g/mol. The molecule has 3 aromatic carbocycles. The minimum atomic E-state index is -0.413. The van der Waals surface area contributed by atoms with Crippen LogP contribution in [0.1, 0.15) is 27.0 Å². The largest absolute Gasteiger partial charge is 0.488 e. The van der Waals surface area contributed by atoms with E-state index >= 15 is 0 Å². The fraction of sp³-hybridized carbons (Fsp3) is 0.130. The summed E-state index contributed by atoms with van der Waals surface area (Å²) in [5, 5.41) is 2.66. The highest BCUT2D eigenvalue weighted by atomic mass is 16.5. The first-order chi connectivity index (χ1) is 13.1. The van der Waals surface area contributed by atoms with Gasteiger partial charge in [-0.3, -0.25) is 4.79 Å². The number of ether oxygens (including phenoxy) is 1. The molecule has 0 amide bonds. The molecule has 0 unspecified atom stereocenters. The zero-order valence-corrected chi connectivity index (χ0v) is 15.1. The molecule has 1 aromatic heterocycles. The van der Waals surface area contributed by atoms with Crippen molar-refractivity contribution in [2.24, 2.45) is 0 Å². The van der Waals surface area contributed by atoms with Gasteiger partial charge in [0.2, 0.25) is 0 Å². The molecule has 0 atom stereocenters. The van der Waals surface area contributed by atoms with Crippen LogP contribution in [-0.4, -0.2) is 6.29 Å². The summed E-state index contributed by atoms with van der Waals surface area (Å²) in [6.07, 6.45) is 0.808. The predicted molar refractivity (Wildman–Crippen MR) is 106 cm³/mol. The number of aryl methyl sites for hydroxylation is 2. The third kappa shape index (κ3) is 2.99. The standard InChI is InChI=1S/C23H18O4/c1-14-7-9-19-17(11-22(25)27-23(19)15(14)2)13-26-21-10-8-16-5-3-4-6-18(16)20(21)12-24/h3-12H,13H2,1-2H3. The molecule has 0 fully saturated rings. The van der Waals surface area contributed by atoms with Gasteiger partial charge < -0.3 is 9.15 Å². The first-order valence-corrected chi connectivity index (χ1v) is 8.71. The van der Waals surface area contributed by atoms with E-state index in [2.05, 4.69) is 0 Å². The van der Waals surface area contributed by atoms with Gasteiger partial charge >= 0.3 is 5.63 Å². The Balaban J connectivity index is 1.76. The number of fused-ring (bicyclic) bond motifs is 2. The van der Waals surface area contributed by atoms with E-state index in [1.165, 1.54) is 6.07 Å². The molecule has 134 valence electrons. The van der Waals surface area contributed by atoms with Gasteiger partial charge in [-0.15, -0.1) is 0 Å². The van der Waals surface area contributed by atoms with Crippen molar-refractivity contribution in [1.82, 2.24) is 0 Å². The van der Waals surface area contributed by atoms with Crippen molar-refractivity contribution >= 4 is 28.0 Å². The van der Waals surface area contributed by atoms with Gasteiger partial charge in [0.25, 0.3) is 0 Å². The van der Waals surface area contributed by atoms with Crippen molar-refractivity contribution in [3.8, 4) is 5.75 Å². The lowest BCUT2D eigenvalue weighted by Crippen LogP contribution is -2.06. The molecule has 0 N–H and O–H groups in total. The van der Waals surface area contributed by atoms with Crippen molar-refractivity contribution in [3.05, 3.63) is 87.3 Å². The van der Waals surface area contributed by atoms with Crippen molar-refractivity contribution < 1.29 is 13.9 Å². The summed E-state index contributed by atoms with van der Waals surface area (Å²) in [6, 6.07) is 16.7. The lowest BCUT2D eigenvalue weighted by Gasteiger charge is -2.13. The molecular weight excluding hydrogens is 340 g/mol. The topological polar surface area (TPSA) is 56.5 Å². The van der Waals surface area contributed by atoms with Crippen molar-refractivity contribution in [3.63, 3.8) is 0 Å². The van der Waals surface area contributed by atoms with Gasteiger partial charge in [0.15, 0.2) is 6.29 Å². The van der Waals surface area contributed by atoms with E-state index in [0.29, 0.717) is 16.9 Å². The number of rotatable bonds is 4. The van der Waals surface area contributed by atoms with Crippen LogP contribution >= 0.6 is 0 Å². The molecule has 1 heterocycles. The van der Waals surface area contributed by atoms with Crippen LogP contribution in [0.4, 0.5) is 0 Å². The fourth-order valence-corrected chi connectivity index (χ4v) is 3.32. The lowest BCUT2D eigenvalue weighted by atomic mass is 10.0. The maximum Gasteiger partial charge on any atom is 0.336 e. The smallest absolute Gasteiger partial charge is 0.336 e. The molecule has 0 aliphatic heterocycles. The SMILES string of the molecule is Cc1ccc2c(COc3ccc4ccccc4c3C=O)cc(=O)oc2c1C. The molecule has 4 nitrogen and oxygen atoms in total. The molecule has 4 rings (SSSR count). The van der Waals surface area contributed by atoms with Crippen LogP contribution in [0.15, 0.2) is 63.8 Å². The van der Waals surface area contributed by atoms with Gasteiger partial charge in [0.05, 0.1) is 5.56 Å². The van der Waals surface area contributed by atoms with Gasteiger partial charge in [0, 0.05) is 17.0 Å². The van der Waals surface area contributed by atoms with Gasteiger partial charge in [-0.2, -0.15) is 0 Å². The summed E-state index contributed by atoms with van der Waals surface area (Å²) in [7, 11) is 0. The second-order valence-corrected chi connectivity index (χ2v) is 6.58. The zero-order chi connectivity index (χ0) is 19.0. The van der Waals surface area contributed by atoms with Crippen LogP contribution < -0.4 is 10.4 Å².